The average Bonchev–Trinajstić information content (AvgIpc) is 2.34. The van der Waals surface area contributed by atoms with Gasteiger partial charge in [-0.2, -0.15) is 0 Å². The summed E-state index contributed by atoms with van der Waals surface area (Å²) in [5.41, 5.74) is 0.777. The molecule has 0 amide bonds. The molecule has 1 aromatic rings. The Morgan fingerprint density at radius 3 is 2.53 bits per heavy atom. The van der Waals surface area contributed by atoms with E-state index in [0.29, 0.717) is 11.9 Å². The van der Waals surface area contributed by atoms with Crippen LogP contribution in [-0.4, -0.2) is 34.6 Å². The van der Waals surface area contributed by atoms with Crippen LogP contribution < -0.4 is 5.32 Å². The fraction of sp³-hybridized carbons (Fsp3) is 0.667. The van der Waals surface area contributed by atoms with E-state index in [0.717, 1.165) is 31.6 Å². The van der Waals surface area contributed by atoms with E-state index >= 15 is 0 Å². The maximum absolute atomic E-state index is 13.8. The third kappa shape index (κ3) is 3.44. The minimum atomic E-state index is -0.266. The number of hydrogen-bond donors (Lipinski definition) is 1. The first-order chi connectivity index (χ1) is 8.89. The Kier molecular flexibility index (Phi) is 4.09. The van der Waals surface area contributed by atoms with E-state index in [2.05, 4.69) is 36.0 Å². The first-order valence-electron chi connectivity index (χ1n) is 7.05. The van der Waals surface area contributed by atoms with Crippen LogP contribution in [-0.2, 0) is 0 Å². The third-order valence-corrected chi connectivity index (χ3v) is 4.04. The van der Waals surface area contributed by atoms with Crippen LogP contribution in [0.4, 0.5) is 10.2 Å². The van der Waals surface area contributed by atoms with Crippen molar-refractivity contribution in [1.29, 1.82) is 0 Å². The fourth-order valence-electron chi connectivity index (χ4n) is 2.57. The molecular weight excluding hydrogens is 241 g/mol. The number of aryl methyl sites for hydroxylation is 1. The zero-order valence-electron chi connectivity index (χ0n) is 12.3. The highest BCUT2D eigenvalue weighted by Gasteiger charge is 2.31. The van der Waals surface area contributed by atoms with Crippen LogP contribution >= 0.6 is 0 Å². The topological polar surface area (TPSA) is 28.2 Å². The number of pyridine rings is 1. The van der Waals surface area contributed by atoms with Crippen LogP contribution in [0, 0.1) is 12.7 Å². The van der Waals surface area contributed by atoms with Crippen molar-refractivity contribution in [2.24, 2.45) is 0 Å². The van der Waals surface area contributed by atoms with Crippen molar-refractivity contribution in [3.8, 4) is 0 Å². The van der Waals surface area contributed by atoms with Gasteiger partial charge in [-0.3, -0.25) is 0 Å². The van der Waals surface area contributed by atoms with Crippen molar-refractivity contribution in [2.75, 3.05) is 18.4 Å². The van der Waals surface area contributed by atoms with Crippen molar-refractivity contribution < 1.29 is 4.39 Å². The first-order valence-corrected chi connectivity index (χ1v) is 7.05. The number of nitrogens with zero attached hydrogens (tertiary/aromatic N) is 2. The van der Waals surface area contributed by atoms with Crippen LogP contribution in [0.2, 0.25) is 0 Å². The lowest BCUT2D eigenvalue weighted by Crippen LogP contribution is -2.49. The molecule has 0 unspecified atom stereocenters. The Morgan fingerprint density at radius 1 is 1.32 bits per heavy atom. The Morgan fingerprint density at radius 2 is 1.95 bits per heavy atom. The molecule has 1 aliphatic rings. The molecule has 0 saturated carbocycles. The number of anilines is 1. The predicted molar refractivity (Wildman–Crippen MR) is 76.9 cm³/mol. The summed E-state index contributed by atoms with van der Waals surface area (Å²) in [5, 5.41) is 3.31. The highest BCUT2D eigenvalue weighted by molar-refractivity contribution is 5.40. The SMILES string of the molecule is Cc1ccc(F)c(NC2(C)CCN(C(C)C)CC2)n1. The second-order valence-electron chi connectivity index (χ2n) is 6.10. The third-order valence-electron chi connectivity index (χ3n) is 4.04. The van der Waals surface area contributed by atoms with Crippen LogP contribution in [0.15, 0.2) is 12.1 Å². The van der Waals surface area contributed by atoms with Gasteiger partial charge in [0.15, 0.2) is 11.6 Å². The van der Waals surface area contributed by atoms with Crippen molar-refractivity contribution in [3.63, 3.8) is 0 Å². The van der Waals surface area contributed by atoms with Gasteiger partial charge in [0.05, 0.1) is 0 Å². The molecule has 0 atom stereocenters. The minimum Gasteiger partial charge on any atom is -0.362 e. The lowest BCUT2D eigenvalue weighted by molar-refractivity contribution is 0.147. The molecule has 1 aromatic heterocycles. The van der Waals surface area contributed by atoms with E-state index < -0.39 is 0 Å². The molecule has 106 valence electrons. The number of likely N-dealkylation sites (tertiary alicyclic amines) is 1. The summed E-state index contributed by atoms with van der Waals surface area (Å²) in [7, 11) is 0. The van der Waals surface area contributed by atoms with Gasteiger partial charge in [0.1, 0.15) is 0 Å². The Balaban J connectivity index is 2.05. The lowest BCUT2D eigenvalue weighted by atomic mass is 9.89. The fourth-order valence-corrected chi connectivity index (χ4v) is 2.57. The zero-order valence-corrected chi connectivity index (χ0v) is 12.3. The van der Waals surface area contributed by atoms with Gasteiger partial charge in [0, 0.05) is 30.4 Å². The minimum absolute atomic E-state index is 0.0625. The summed E-state index contributed by atoms with van der Waals surface area (Å²) in [4.78, 5) is 6.73. The maximum atomic E-state index is 13.8. The van der Waals surface area contributed by atoms with Crippen molar-refractivity contribution in [3.05, 3.63) is 23.6 Å². The number of rotatable bonds is 3. The number of piperidine rings is 1. The second kappa shape index (κ2) is 5.45. The van der Waals surface area contributed by atoms with Gasteiger partial charge >= 0.3 is 0 Å². The number of halogens is 1. The number of aromatic nitrogens is 1. The summed E-state index contributed by atoms with van der Waals surface area (Å²) in [6.07, 6.45) is 2.03. The molecule has 2 rings (SSSR count). The van der Waals surface area contributed by atoms with Crippen LogP contribution in [0.25, 0.3) is 0 Å². The van der Waals surface area contributed by atoms with Gasteiger partial charge in [-0.15, -0.1) is 0 Å². The van der Waals surface area contributed by atoms with Gasteiger partial charge in [-0.25, -0.2) is 9.37 Å². The Labute approximate surface area is 115 Å². The zero-order chi connectivity index (χ0) is 14.0. The quantitative estimate of drug-likeness (QED) is 0.909. The maximum Gasteiger partial charge on any atom is 0.165 e. The molecule has 19 heavy (non-hydrogen) atoms. The summed E-state index contributed by atoms with van der Waals surface area (Å²) in [6, 6.07) is 3.76. The van der Waals surface area contributed by atoms with E-state index in [4.69, 9.17) is 0 Å². The van der Waals surface area contributed by atoms with E-state index in [9.17, 15) is 4.39 Å². The highest BCUT2D eigenvalue weighted by Crippen LogP contribution is 2.27. The second-order valence-corrected chi connectivity index (χ2v) is 6.10. The van der Waals surface area contributed by atoms with E-state index in [1.165, 1.54) is 6.07 Å². The van der Waals surface area contributed by atoms with Crippen molar-refractivity contribution in [2.45, 2.75) is 52.1 Å². The van der Waals surface area contributed by atoms with Crippen molar-refractivity contribution >= 4 is 5.82 Å². The number of hydrogen-bond acceptors (Lipinski definition) is 3. The molecule has 0 bridgehead atoms. The Hall–Kier alpha value is -1.16. The van der Waals surface area contributed by atoms with E-state index in [1.807, 2.05) is 6.92 Å². The predicted octanol–water partition coefficient (Wildman–Crippen LogP) is 3.20. The molecule has 1 fully saturated rings. The molecule has 0 radical (unpaired) electrons. The molecule has 0 aromatic carbocycles. The summed E-state index contributed by atoms with van der Waals surface area (Å²) < 4.78 is 13.8. The highest BCUT2D eigenvalue weighted by atomic mass is 19.1. The molecule has 0 aliphatic carbocycles. The van der Waals surface area contributed by atoms with Gasteiger partial charge in [-0.1, -0.05) is 0 Å². The standard InChI is InChI=1S/C15H24FN3/c1-11(2)19-9-7-15(4,8-10-19)18-14-13(16)6-5-12(3)17-14/h5-6,11H,7-10H2,1-4H3,(H,17,18). The van der Waals surface area contributed by atoms with E-state index in [-0.39, 0.29) is 11.4 Å². The molecule has 1 N–H and O–H groups in total. The lowest BCUT2D eigenvalue weighted by Gasteiger charge is -2.41. The summed E-state index contributed by atoms with van der Waals surface area (Å²) in [6.45, 7) is 10.6. The normalized spacial score (nSPS) is 19.7. The van der Waals surface area contributed by atoms with Gasteiger partial charge in [0.25, 0.3) is 0 Å². The number of nitrogens with one attached hydrogen (secondary N) is 1. The summed E-state index contributed by atoms with van der Waals surface area (Å²) in [5.74, 6) is 0.124. The van der Waals surface area contributed by atoms with Gasteiger partial charge in [0.2, 0.25) is 0 Å². The van der Waals surface area contributed by atoms with Crippen LogP contribution in [0.5, 0.6) is 0 Å². The van der Waals surface area contributed by atoms with Crippen LogP contribution in [0.1, 0.15) is 39.3 Å². The molecular formula is C15H24FN3. The molecule has 3 nitrogen and oxygen atoms in total. The summed E-state index contributed by atoms with van der Waals surface area (Å²) >= 11 is 0. The smallest absolute Gasteiger partial charge is 0.165 e. The van der Waals surface area contributed by atoms with E-state index in [1.54, 1.807) is 6.07 Å². The van der Waals surface area contributed by atoms with Crippen molar-refractivity contribution in [1.82, 2.24) is 9.88 Å². The largest absolute Gasteiger partial charge is 0.362 e. The molecule has 1 saturated heterocycles. The Bertz CT molecular complexity index is 437. The van der Waals surface area contributed by atoms with Gasteiger partial charge < -0.3 is 10.2 Å². The molecule has 4 heteroatoms. The molecule has 0 spiro atoms. The van der Waals surface area contributed by atoms with Crippen LogP contribution in [0.3, 0.4) is 0 Å². The average molecular weight is 265 g/mol. The van der Waals surface area contributed by atoms with Gasteiger partial charge in [-0.05, 0) is 52.7 Å². The monoisotopic (exact) mass is 265 g/mol. The first kappa shape index (κ1) is 14.3. The molecule has 1 aliphatic heterocycles. The molecule has 2 heterocycles.